The highest BCUT2D eigenvalue weighted by atomic mass is 16.5. The molecule has 0 aromatic heterocycles. The van der Waals surface area contributed by atoms with Crippen LogP contribution in [-0.4, -0.2) is 24.6 Å². The van der Waals surface area contributed by atoms with Gasteiger partial charge in [-0.05, 0) is 44.4 Å². The molecule has 0 bridgehead atoms. The molecule has 18 heavy (non-hydrogen) atoms. The minimum Gasteiger partial charge on any atom is -0.475 e. The van der Waals surface area contributed by atoms with Crippen molar-refractivity contribution in [2.45, 2.75) is 44.2 Å². The van der Waals surface area contributed by atoms with Gasteiger partial charge in [-0.25, -0.2) is 4.99 Å². The summed E-state index contributed by atoms with van der Waals surface area (Å²) in [6, 6.07) is 9.08. The monoisotopic (exact) mass is 244 g/mol. The van der Waals surface area contributed by atoms with Crippen molar-refractivity contribution in [2.24, 2.45) is 10.7 Å². The molecule has 0 spiro atoms. The van der Waals surface area contributed by atoms with E-state index in [1.165, 1.54) is 18.4 Å². The second kappa shape index (κ2) is 4.09. The Kier molecular flexibility index (Phi) is 2.67. The Morgan fingerprint density at radius 2 is 2.00 bits per heavy atom. The van der Waals surface area contributed by atoms with Crippen molar-refractivity contribution >= 4 is 5.90 Å². The molecule has 1 aromatic carbocycles. The van der Waals surface area contributed by atoms with Crippen LogP contribution in [0.4, 0.5) is 0 Å². The molecule has 1 aliphatic carbocycles. The van der Waals surface area contributed by atoms with Crippen molar-refractivity contribution in [1.29, 1.82) is 0 Å². The number of benzene rings is 1. The highest BCUT2D eigenvalue weighted by Gasteiger charge is 2.47. The van der Waals surface area contributed by atoms with Crippen LogP contribution in [0.15, 0.2) is 29.3 Å². The van der Waals surface area contributed by atoms with E-state index in [0.717, 1.165) is 11.5 Å². The minimum atomic E-state index is 0.225. The smallest absolute Gasteiger partial charge is 0.216 e. The van der Waals surface area contributed by atoms with Gasteiger partial charge in [-0.15, -0.1) is 0 Å². The van der Waals surface area contributed by atoms with Crippen LogP contribution in [-0.2, 0) is 10.2 Å². The van der Waals surface area contributed by atoms with Crippen molar-refractivity contribution in [1.82, 2.24) is 0 Å². The van der Waals surface area contributed by atoms with E-state index in [0.29, 0.717) is 6.61 Å². The first-order valence-electron chi connectivity index (χ1n) is 6.69. The molecule has 1 aliphatic heterocycles. The first kappa shape index (κ1) is 11.7. The summed E-state index contributed by atoms with van der Waals surface area (Å²) >= 11 is 0. The van der Waals surface area contributed by atoms with E-state index in [1.54, 1.807) is 0 Å². The Labute approximate surface area is 108 Å². The maximum Gasteiger partial charge on any atom is 0.216 e. The third-order valence-electron chi connectivity index (χ3n) is 4.17. The number of rotatable bonds is 3. The normalized spacial score (nSPS) is 26.4. The molecule has 2 N–H and O–H groups in total. The summed E-state index contributed by atoms with van der Waals surface area (Å²) in [6.07, 6.45) is 2.41. The maximum absolute atomic E-state index is 6.09. The fraction of sp³-hybridized carbons (Fsp3) is 0.533. The van der Waals surface area contributed by atoms with E-state index < -0.39 is 0 Å². The van der Waals surface area contributed by atoms with Crippen LogP contribution in [0.25, 0.3) is 0 Å². The predicted molar refractivity (Wildman–Crippen MR) is 73.0 cm³/mol. The van der Waals surface area contributed by atoms with Gasteiger partial charge in [0.05, 0.1) is 6.04 Å². The topological polar surface area (TPSA) is 47.6 Å². The Morgan fingerprint density at radius 1 is 1.33 bits per heavy atom. The molecule has 1 aromatic rings. The lowest BCUT2D eigenvalue weighted by Crippen LogP contribution is -2.31. The second-order valence-corrected chi connectivity index (χ2v) is 5.62. The average molecular weight is 244 g/mol. The van der Waals surface area contributed by atoms with Crippen molar-refractivity contribution in [3.05, 3.63) is 35.4 Å². The van der Waals surface area contributed by atoms with Crippen LogP contribution >= 0.6 is 0 Å². The third-order valence-corrected chi connectivity index (χ3v) is 4.17. The van der Waals surface area contributed by atoms with Gasteiger partial charge < -0.3 is 10.5 Å². The van der Waals surface area contributed by atoms with Crippen LogP contribution in [0, 0.1) is 0 Å². The first-order chi connectivity index (χ1) is 8.62. The van der Waals surface area contributed by atoms with Crippen molar-refractivity contribution in [3.8, 4) is 0 Å². The third kappa shape index (κ3) is 1.83. The van der Waals surface area contributed by atoms with Crippen LogP contribution in [0.2, 0.25) is 0 Å². The number of aliphatic imine (C=N–C) groups is 1. The van der Waals surface area contributed by atoms with Crippen LogP contribution < -0.4 is 5.73 Å². The Bertz CT molecular complexity index is 472. The molecule has 1 heterocycles. The number of hydrogen-bond acceptors (Lipinski definition) is 3. The molecule has 3 heteroatoms. The molecule has 2 atom stereocenters. The molecule has 1 fully saturated rings. The van der Waals surface area contributed by atoms with E-state index in [2.05, 4.69) is 43.1 Å². The number of hydrogen-bond donors (Lipinski definition) is 1. The fourth-order valence-corrected chi connectivity index (χ4v) is 2.72. The summed E-state index contributed by atoms with van der Waals surface area (Å²) in [7, 11) is 0. The van der Waals surface area contributed by atoms with Crippen molar-refractivity contribution < 1.29 is 4.74 Å². The van der Waals surface area contributed by atoms with Crippen molar-refractivity contribution in [3.63, 3.8) is 0 Å². The molecular formula is C15H20N2O. The average Bonchev–Trinajstić information content (AvgIpc) is 3.07. The first-order valence-corrected chi connectivity index (χ1v) is 6.69. The largest absolute Gasteiger partial charge is 0.475 e. The number of nitrogens with zero attached hydrogens (tertiary/aromatic N) is 1. The molecule has 0 saturated heterocycles. The lowest BCUT2D eigenvalue weighted by Gasteiger charge is -2.20. The van der Waals surface area contributed by atoms with Gasteiger partial charge in [-0.3, -0.25) is 0 Å². The van der Waals surface area contributed by atoms with Gasteiger partial charge in [-0.2, -0.15) is 0 Å². The summed E-state index contributed by atoms with van der Waals surface area (Å²) in [5.41, 5.74) is 8.75. The molecule has 1 saturated carbocycles. The summed E-state index contributed by atoms with van der Waals surface area (Å²) in [5.74, 6) is 0.777. The molecule has 0 amide bonds. The highest BCUT2D eigenvalue weighted by Crippen LogP contribution is 2.50. The Hall–Kier alpha value is -1.35. The lowest BCUT2D eigenvalue weighted by atomic mass is 9.89. The van der Waals surface area contributed by atoms with Gasteiger partial charge in [0.15, 0.2) is 0 Å². The summed E-state index contributed by atoms with van der Waals surface area (Å²) in [4.78, 5) is 4.47. The standard InChI is InChI=1S/C15H20N2O/c1-10-9-18-14(17-10)12-3-5-13(6-4-12)15(7-8-15)11(2)16/h3-6,10-11H,7-9,16H2,1-2H3. The fourth-order valence-electron chi connectivity index (χ4n) is 2.72. The quantitative estimate of drug-likeness (QED) is 0.886. The van der Waals surface area contributed by atoms with Gasteiger partial charge in [0.1, 0.15) is 6.61 Å². The molecule has 3 nitrogen and oxygen atoms in total. The molecule has 96 valence electrons. The van der Waals surface area contributed by atoms with Crippen LogP contribution in [0.1, 0.15) is 37.8 Å². The van der Waals surface area contributed by atoms with E-state index in [4.69, 9.17) is 10.5 Å². The van der Waals surface area contributed by atoms with E-state index in [9.17, 15) is 0 Å². The van der Waals surface area contributed by atoms with Crippen LogP contribution in [0.3, 0.4) is 0 Å². The van der Waals surface area contributed by atoms with E-state index in [1.807, 2.05) is 0 Å². The van der Waals surface area contributed by atoms with Gasteiger partial charge >= 0.3 is 0 Å². The maximum atomic E-state index is 6.09. The molecule has 2 aliphatic rings. The summed E-state index contributed by atoms with van der Waals surface area (Å²) in [6.45, 7) is 4.87. The summed E-state index contributed by atoms with van der Waals surface area (Å²) < 4.78 is 5.57. The van der Waals surface area contributed by atoms with Gasteiger partial charge in [-0.1, -0.05) is 12.1 Å². The predicted octanol–water partition coefficient (Wildman–Crippen LogP) is 2.23. The Morgan fingerprint density at radius 3 is 2.44 bits per heavy atom. The number of nitrogens with two attached hydrogens (primary N) is 1. The number of ether oxygens (including phenoxy) is 1. The van der Waals surface area contributed by atoms with Crippen molar-refractivity contribution in [2.75, 3.05) is 6.61 Å². The molecule has 0 radical (unpaired) electrons. The van der Waals surface area contributed by atoms with E-state index in [-0.39, 0.29) is 17.5 Å². The SMILES string of the molecule is CC1COC(c2ccc(C3(C(C)N)CC3)cc2)=N1. The molecular weight excluding hydrogens is 224 g/mol. The molecule has 2 unspecified atom stereocenters. The zero-order valence-electron chi connectivity index (χ0n) is 11.0. The molecule has 3 rings (SSSR count). The zero-order chi connectivity index (χ0) is 12.8. The van der Waals surface area contributed by atoms with E-state index >= 15 is 0 Å². The highest BCUT2D eigenvalue weighted by molar-refractivity contribution is 5.95. The zero-order valence-corrected chi connectivity index (χ0v) is 11.0. The van der Waals surface area contributed by atoms with Gasteiger partial charge in [0, 0.05) is 17.0 Å². The Balaban J connectivity index is 1.84. The van der Waals surface area contributed by atoms with Gasteiger partial charge in [0.25, 0.3) is 0 Å². The second-order valence-electron chi connectivity index (χ2n) is 5.62. The van der Waals surface area contributed by atoms with Crippen LogP contribution in [0.5, 0.6) is 0 Å². The van der Waals surface area contributed by atoms with Gasteiger partial charge in [0.2, 0.25) is 5.90 Å². The minimum absolute atomic E-state index is 0.225. The lowest BCUT2D eigenvalue weighted by molar-refractivity contribution is 0.324. The summed E-state index contributed by atoms with van der Waals surface area (Å²) in [5, 5.41) is 0.